The van der Waals surface area contributed by atoms with E-state index in [0.717, 1.165) is 28.2 Å². The summed E-state index contributed by atoms with van der Waals surface area (Å²) in [4.78, 5) is 13.0. The molecule has 161 valence electrons. The summed E-state index contributed by atoms with van der Waals surface area (Å²) in [5.74, 6) is 0.589. The maximum Gasteiger partial charge on any atom is 0.124 e. The number of para-hydroxylation sites is 1. The Bertz CT molecular complexity index is 957. The normalized spacial score (nSPS) is 10.7. The summed E-state index contributed by atoms with van der Waals surface area (Å²) >= 11 is 0. The van der Waals surface area contributed by atoms with Crippen molar-refractivity contribution < 1.29 is 29.6 Å². The van der Waals surface area contributed by atoms with E-state index < -0.39 is 0 Å². The van der Waals surface area contributed by atoms with Gasteiger partial charge in [0.05, 0.1) is 5.69 Å². The number of benzene rings is 2. The van der Waals surface area contributed by atoms with Crippen LogP contribution in [-0.2, 0) is 20.1 Å². The van der Waals surface area contributed by atoms with E-state index in [-0.39, 0.29) is 37.6 Å². The van der Waals surface area contributed by atoms with E-state index >= 15 is 0 Å². The largest absolute Gasteiger partial charge is 0.507 e. The molecule has 3 rings (SSSR count). The van der Waals surface area contributed by atoms with E-state index in [1.807, 2.05) is 12.1 Å². The van der Waals surface area contributed by atoms with Crippen LogP contribution in [0.15, 0.2) is 53.7 Å². The molecule has 0 unspecified atom stereocenters. The van der Waals surface area contributed by atoms with Gasteiger partial charge in [-0.1, -0.05) is 39.8 Å². The van der Waals surface area contributed by atoms with Gasteiger partial charge in [-0.25, -0.2) is 0 Å². The molecule has 30 heavy (non-hydrogen) atoms. The van der Waals surface area contributed by atoms with Gasteiger partial charge in [0.2, 0.25) is 0 Å². The molecule has 1 radical (unpaired) electrons. The van der Waals surface area contributed by atoms with Gasteiger partial charge < -0.3 is 10.1 Å². The van der Waals surface area contributed by atoms with E-state index in [0.29, 0.717) is 5.92 Å². The van der Waals surface area contributed by atoms with Crippen LogP contribution in [0.3, 0.4) is 0 Å². The summed E-state index contributed by atoms with van der Waals surface area (Å²) in [6, 6.07) is 14.5. The van der Waals surface area contributed by atoms with Crippen LogP contribution >= 0.6 is 0 Å². The third-order valence-corrected chi connectivity index (χ3v) is 4.19. The Labute approximate surface area is 191 Å². The van der Waals surface area contributed by atoms with Crippen molar-refractivity contribution in [2.45, 2.75) is 39.5 Å². The van der Waals surface area contributed by atoms with Crippen LogP contribution in [0.2, 0.25) is 0 Å². The number of hydrogen-bond donors (Lipinski definition) is 1. The van der Waals surface area contributed by atoms with Crippen LogP contribution < -0.4 is 0 Å². The van der Waals surface area contributed by atoms with Crippen LogP contribution in [0.25, 0.3) is 11.3 Å². The molecule has 0 spiro atoms. The Hall–Kier alpha value is -2.43. The number of aromatic nitrogens is 2. The van der Waals surface area contributed by atoms with Crippen LogP contribution in [0.1, 0.15) is 56.5 Å². The number of rotatable bonds is 4. The predicted octanol–water partition coefficient (Wildman–Crippen LogP) is 5.77. The fraction of sp³-hybridized carbons (Fsp3) is 0.292. The molecular formula is C24H27FIrN3O-. The number of phenols is 1. The third kappa shape index (κ3) is 7.12. The van der Waals surface area contributed by atoms with Crippen molar-refractivity contribution in [3.05, 3.63) is 77.5 Å². The SMILES string of the molecule is CC(C)c1cnc(-c2[c-]cc(F)cc2)c(C(C)C)n1.CN=Cc1ccccc1O.[Ir]. The number of phenolic OH excluding ortho intramolecular Hbond substituents is 1. The number of aromatic hydroxyl groups is 1. The molecular weight excluding hydrogens is 557 g/mol. The predicted molar refractivity (Wildman–Crippen MR) is 116 cm³/mol. The minimum Gasteiger partial charge on any atom is -0.507 e. The van der Waals surface area contributed by atoms with E-state index in [1.165, 1.54) is 12.1 Å². The van der Waals surface area contributed by atoms with Crippen LogP contribution in [-0.4, -0.2) is 28.3 Å². The second kappa shape index (κ2) is 12.3. The minimum atomic E-state index is -0.290. The maximum absolute atomic E-state index is 13.0. The molecule has 0 atom stereocenters. The van der Waals surface area contributed by atoms with Crippen molar-refractivity contribution in [2.24, 2.45) is 4.99 Å². The molecule has 0 amide bonds. The standard InChI is InChI=1S/C16H18FN2.C8H9NO.Ir/c1-10(2)14-9-18-16(15(19-14)11(3)4)12-5-7-13(17)8-6-12;1-9-6-7-4-2-3-5-8(7)10;/h5,7-11H,1-4H3;2-6,10H,1H3;/q-1;;. The topological polar surface area (TPSA) is 58.4 Å². The second-order valence-electron chi connectivity index (χ2n) is 7.20. The summed E-state index contributed by atoms with van der Waals surface area (Å²) in [6.45, 7) is 8.36. The molecule has 2 aromatic carbocycles. The molecule has 1 heterocycles. The zero-order valence-corrected chi connectivity index (χ0v) is 20.2. The first kappa shape index (κ1) is 25.6. The average Bonchev–Trinajstić information content (AvgIpc) is 2.70. The van der Waals surface area contributed by atoms with Gasteiger partial charge in [-0.05, 0) is 24.0 Å². The number of halogens is 1. The first-order chi connectivity index (χ1) is 13.8. The van der Waals surface area contributed by atoms with Crippen molar-refractivity contribution >= 4 is 6.21 Å². The third-order valence-electron chi connectivity index (χ3n) is 4.19. The van der Waals surface area contributed by atoms with E-state index in [4.69, 9.17) is 10.1 Å². The molecule has 1 aromatic heterocycles. The van der Waals surface area contributed by atoms with Gasteiger partial charge >= 0.3 is 0 Å². The molecule has 0 saturated heterocycles. The smallest absolute Gasteiger partial charge is 0.124 e. The Kier molecular flexibility index (Phi) is 10.5. The van der Waals surface area contributed by atoms with Gasteiger partial charge in [0.1, 0.15) is 5.75 Å². The second-order valence-corrected chi connectivity index (χ2v) is 7.20. The molecule has 4 nitrogen and oxygen atoms in total. The maximum atomic E-state index is 13.0. The molecule has 0 aliphatic carbocycles. The summed E-state index contributed by atoms with van der Waals surface area (Å²) in [7, 11) is 1.67. The van der Waals surface area contributed by atoms with E-state index in [1.54, 1.807) is 37.7 Å². The molecule has 0 aliphatic heterocycles. The number of hydrogen-bond acceptors (Lipinski definition) is 4. The molecule has 0 saturated carbocycles. The molecule has 0 fully saturated rings. The first-order valence-corrected chi connectivity index (χ1v) is 9.58. The molecule has 0 aliphatic rings. The fourth-order valence-electron chi connectivity index (χ4n) is 2.59. The Morgan fingerprint density at radius 3 is 2.30 bits per heavy atom. The van der Waals surface area contributed by atoms with Crippen molar-refractivity contribution in [3.63, 3.8) is 0 Å². The summed E-state index contributed by atoms with van der Waals surface area (Å²) in [5, 5.41) is 9.15. The number of aliphatic imine (C=N–C) groups is 1. The Balaban J connectivity index is 0.000000348. The minimum absolute atomic E-state index is 0. The molecule has 3 aromatic rings. The number of nitrogens with zero attached hydrogens (tertiary/aromatic N) is 3. The molecule has 0 bridgehead atoms. The monoisotopic (exact) mass is 585 g/mol. The van der Waals surface area contributed by atoms with Gasteiger partial charge in [0.25, 0.3) is 0 Å². The summed E-state index contributed by atoms with van der Waals surface area (Å²) in [6.07, 6.45) is 3.42. The van der Waals surface area contributed by atoms with Gasteiger partial charge in [-0.3, -0.25) is 14.4 Å². The van der Waals surface area contributed by atoms with E-state index in [9.17, 15) is 4.39 Å². The van der Waals surface area contributed by atoms with Crippen LogP contribution in [0, 0.1) is 11.9 Å². The van der Waals surface area contributed by atoms with Crippen LogP contribution in [0.4, 0.5) is 4.39 Å². The molecule has 6 heteroatoms. The average molecular weight is 585 g/mol. The quantitative estimate of drug-likeness (QED) is 0.313. The zero-order chi connectivity index (χ0) is 21.4. The van der Waals surface area contributed by atoms with E-state index in [2.05, 4.69) is 43.7 Å². The first-order valence-electron chi connectivity index (χ1n) is 9.58. The van der Waals surface area contributed by atoms with Crippen LogP contribution in [0.5, 0.6) is 5.75 Å². The van der Waals surface area contributed by atoms with Gasteiger partial charge in [-0.15, -0.1) is 29.8 Å². The van der Waals surface area contributed by atoms with Gasteiger partial charge in [0, 0.05) is 62.3 Å². The van der Waals surface area contributed by atoms with Crippen molar-refractivity contribution in [1.82, 2.24) is 9.97 Å². The van der Waals surface area contributed by atoms with Gasteiger partial charge in [0.15, 0.2) is 0 Å². The summed E-state index contributed by atoms with van der Waals surface area (Å²) < 4.78 is 13.0. The Morgan fingerprint density at radius 1 is 1.07 bits per heavy atom. The summed E-state index contributed by atoms with van der Waals surface area (Å²) in [5.41, 5.74) is 4.25. The van der Waals surface area contributed by atoms with Crippen molar-refractivity contribution in [1.29, 1.82) is 0 Å². The van der Waals surface area contributed by atoms with Crippen molar-refractivity contribution in [3.8, 4) is 17.0 Å². The molecule has 1 N–H and O–H groups in total. The fourth-order valence-corrected chi connectivity index (χ4v) is 2.59. The van der Waals surface area contributed by atoms with Gasteiger partial charge in [-0.2, -0.15) is 0 Å². The van der Waals surface area contributed by atoms with Crippen molar-refractivity contribution in [2.75, 3.05) is 7.05 Å². The Morgan fingerprint density at radius 2 is 1.77 bits per heavy atom. The zero-order valence-electron chi connectivity index (χ0n) is 17.9.